The number of carboxylic acids is 1. The third kappa shape index (κ3) is 1.62. The summed E-state index contributed by atoms with van der Waals surface area (Å²) in [5, 5.41) is 9.73. The van der Waals surface area contributed by atoms with Crippen molar-refractivity contribution >= 4 is 39.1 Å². The number of fused-ring (bicyclic) bond motifs is 1. The summed E-state index contributed by atoms with van der Waals surface area (Å²) >= 11 is 6.81. The second-order valence-electron chi connectivity index (χ2n) is 3.36. The van der Waals surface area contributed by atoms with E-state index < -0.39 is 5.97 Å². The molecule has 0 aliphatic carbocycles. The van der Waals surface area contributed by atoms with Crippen molar-refractivity contribution in [3.63, 3.8) is 0 Å². The molecule has 4 nitrogen and oxygen atoms in total. The summed E-state index contributed by atoms with van der Waals surface area (Å²) in [6.07, 6.45) is 0. The van der Waals surface area contributed by atoms with Crippen molar-refractivity contribution in [3.05, 3.63) is 32.4 Å². The van der Waals surface area contributed by atoms with Gasteiger partial charge in [0, 0.05) is 17.3 Å². The predicted octanol–water partition coefficient (Wildman–Crippen LogP) is 2.34. The van der Waals surface area contributed by atoms with Gasteiger partial charge in [-0.3, -0.25) is 4.79 Å². The Kier molecular flexibility index (Phi) is 2.73. The van der Waals surface area contributed by atoms with Crippen LogP contribution >= 0.6 is 22.9 Å². The lowest BCUT2D eigenvalue weighted by Crippen LogP contribution is -2.04. The molecule has 0 radical (unpaired) electrons. The zero-order valence-corrected chi connectivity index (χ0v) is 9.91. The fourth-order valence-corrected chi connectivity index (χ4v) is 2.97. The smallest absolute Gasteiger partial charge is 0.346 e. The van der Waals surface area contributed by atoms with E-state index in [2.05, 4.69) is 4.98 Å². The van der Waals surface area contributed by atoms with Crippen LogP contribution in [-0.4, -0.2) is 16.1 Å². The van der Waals surface area contributed by atoms with Crippen LogP contribution in [0.2, 0.25) is 0 Å². The van der Waals surface area contributed by atoms with Crippen LogP contribution in [0.3, 0.4) is 0 Å². The van der Waals surface area contributed by atoms with Gasteiger partial charge in [-0.25, -0.2) is 4.79 Å². The predicted molar refractivity (Wildman–Crippen MR) is 63.7 cm³/mol. The summed E-state index contributed by atoms with van der Waals surface area (Å²) in [4.78, 5) is 25.7. The average Bonchev–Trinajstić information content (AvgIpc) is 2.55. The van der Waals surface area contributed by atoms with Crippen LogP contribution in [0.1, 0.15) is 20.8 Å². The second-order valence-corrected chi connectivity index (χ2v) is 4.65. The molecule has 0 amide bonds. The Morgan fingerprint density at radius 2 is 2.31 bits per heavy atom. The number of halogens is 1. The average molecular weight is 258 g/mol. The molecule has 16 heavy (non-hydrogen) atoms. The van der Waals surface area contributed by atoms with Gasteiger partial charge >= 0.3 is 5.97 Å². The minimum Gasteiger partial charge on any atom is -0.477 e. The standard InChI is InChI=1S/C10H8ClNO3S/c1-4-7-5(3-11)2-6(13)12-9(7)16-8(4)10(14)15/h2H,3H2,1H3,(H,12,13)(H,14,15). The van der Waals surface area contributed by atoms with E-state index >= 15 is 0 Å². The number of hydrogen-bond donors (Lipinski definition) is 2. The molecule has 84 valence electrons. The molecule has 0 aliphatic heterocycles. The number of pyridine rings is 1. The molecule has 0 spiro atoms. The molecule has 0 aromatic carbocycles. The zero-order valence-electron chi connectivity index (χ0n) is 8.33. The van der Waals surface area contributed by atoms with Crippen molar-refractivity contribution in [3.8, 4) is 0 Å². The lowest BCUT2D eigenvalue weighted by Gasteiger charge is -1.98. The van der Waals surface area contributed by atoms with E-state index in [1.54, 1.807) is 6.92 Å². The minimum atomic E-state index is -0.986. The van der Waals surface area contributed by atoms with Crippen molar-refractivity contribution in [1.29, 1.82) is 0 Å². The van der Waals surface area contributed by atoms with Gasteiger partial charge in [0.1, 0.15) is 9.71 Å². The Balaban J connectivity index is 2.91. The van der Waals surface area contributed by atoms with Gasteiger partial charge in [-0.15, -0.1) is 22.9 Å². The van der Waals surface area contributed by atoms with Gasteiger partial charge in [0.15, 0.2) is 0 Å². The van der Waals surface area contributed by atoms with Crippen molar-refractivity contribution < 1.29 is 9.90 Å². The number of alkyl halides is 1. The van der Waals surface area contributed by atoms with Crippen LogP contribution in [0.4, 0.5) is 0 Å². The topological polar surface area (TPSA) is 70.2 Å². The van der Waals surface area contributed by atoms with E-state index in [0.29, 0.717) is 16.0 Å². The molecule has 2 N–H and O–H groups in total. The first-order valence-corrected chi connectivity index (χ1v) is 5.84. The highest BCUT2D eigenvalue weighted by Gasteiger charge is 2.17. The largest absolute Gasteiger partial charge is 0.477 e. The zero-order chi connectivity index (χ0) is 11.9. The number of hydrogen-bond acceptors (Lipinski definition) is 3. The van der Waals surface area contributed by atoms with E-state index in [9.17, 15) is 9.59 Å². The fraction of sp³-hybridized carbons (Fsp3) is 0.200. The van der Waals surface area contributed by atoms with E-state index in [4.69, 9.17) is 16.7 Å². The Morgan fingerprint density at radius 3 is 2.88 bits per heavy atom. The molecule has 6 heteroatoms. The quantitative estimate of drug-likeness (QED) is 0.812. The van der Waals surface area contributed by atoms with Crippen LogP contribution < -0.4 is 5.56 Å². The number of aryl methyl sites for hydroxylation is 1. The lowest BCUT2D eigenvalue weighted by molar-refractivity contribution is 0.0701. The first-order valence-electron chi connectivity index (χ1n) is 4.49. The lowest BCUT2D eigenvalue weighted by atomic mass is 10.1. The molecule has 0 saturated carbocycles. The third-order valence-corrected chi connectivity index (χ3v) is 3.83. The molecular weight excluding hydrogens is 250 g/mol. The van der Waals surface area contributed by atoms with E-state index in [0.717, 1.165) is 16.7 Å². The fourth-order valence-electron chi connectivity index (χ4n) is 1.68. The number of nitrogens with one attached hydrogen (secondary N) is 1. The highest BCUT2D eigenvalue weighted by molar-refractivity contribution is 7.20. The maximum absolute atomic E-state index is 11.3. The van der Waals surface area contributed by atoms with E-state index in [-0.39, 0.29) is 16.3 Å². The third-order valence-electron chi connectivity index (χ3n) is 2.35. The molecule has 2 aromatic heterocycles. The highest BCUT2D eigenvalue weighted by Crippen LogP contribution is 2.31. The maximum Gasteiger partial charge on any atom is 0.346 e. The summed E-state index contributed by atoms with van der Waals surface area (Å²) in [6, 6.07) is 1.40. The molecule has 0 saturated heterocycles. The van der Waals surface area contributed by atoms with Crippen LogP contribution in [0, 0.1) is 6.92 Å². The van der Waals surface area contributed by atoms with Crippen LogP contribution in [-0.2, 0) is 5.88 Å². The summed E-state index contributed by atoms with van der Waals surface area (Å²) in [7, 11) is 0. The van der Waals surface area contributed by atoms with Crippen molar-refractivity contribution in [1.82, 2.24) is 4.98 Å². The summed E-state index contributed by atoms with van der Waals surface area (Å²) in [5.41, 5.74) is 1.06. The molecule has 0 unspecified atom stereocenters. The number of carboxylic acid groups (broad SMARTS) is 1. The first kappa shape index (κ1) is 11.2. The highest BCUT2D eigenvalue weighted by atomic mass is 35.5. The van der Waals surface area contributed by atoms with Crippen LogP contribution in [0.15, 0.2) is 10.9 Å². The van der Waals surface area contributed by atoms with Crippen LogP contribution in [0.25, 0.3) is 10.2 Å². The molecule has 0 aliphatic rings. The van der Waals surface area contributed by atoms with Gasteiger partial charge in [-0.05, 0) is 18.1 Å². The number of rotatable bonds is 2. The number of carbonyl (C=O) groups is 1. The molecular formula is C10H8ClNO3S. The van der Waals surface area contributed by atoms with E-state index in [1.807, 2.05) is 0 Å². The normalized spacial score (nSPS) is 10.9. The SMILES string of the molecule is Cc1c(C(=O)O)sc2[nH]c(=O)cc(CCl)c12. The molecule has 2 aromatic rings. The number of thiophene rings is 1. The molecule has 2 rings (SSSR count). The Hall–Kier alpha value is -1.33. The molecule has 2 heterocycles. The minimum absolute atomic E-state index is 0.192. The van der Waals surface area contributed by atoms with Gasteiger partial charge in [-0.2, -0.15) is 0 Å². The Bertz CT molecular complexity index is 629. The Morgan fingerprint density at radius 1 is 1.62 bits per heavy atom. The number of H-pyrrole nitrogens is 1. The van der Waals surface area contributed by atoms with Gasteiger partial charge in [-0.1, -0.05) is 0 Å². The number of aromatic nitrogens is 1. The second kappa shape index (κ2) is 3.92. The molecule has 0 bridgehead atoms. The van der Waals surface area contributed by atoms with Crippen molar-refractivity contribution in [2.75, 3.05) is 0 Å². The van der Waals surface area contributed by atoms with Gasteiger partial charge in [0.05, 0.1) is 0 Å². The molecule has 0 fully saturated rings. The number of aromatic carboxylic acids is 1. The first-order chi connectivity index (χ1) is 7.54. The van der Waals surface area contributed by atoms with Gasteiger partial charge in [0.25, 0.3) is 0 Å². The van der Waals surface area contributed by atoms with E-state index in [1.165, 1.54) is 6.07 Å². The van der Waals surface area contributed by atoms with Gasteiger partial charge < -0.3 is 10.1 Å². The van der Waals surface area contributed by atoms with Crippen molar-refractivity contribution in [2.45, 2.75) is 12.8 Å². The molecule has 0 atom stereocenters. The summed E-state index contributed by atoms with van der Waals surface area (Å²) < 4.78 is 0. The van der Waals surface area contributed by atoms with Crippen LogP contribution in [0.5, 0.6) is 0 Å². The maximum atomic E-state index is 11.3. The summed E-state index contributed by atoms with van der Waals surface area (Å²) in [5.74, 6) is -0.795. The monoisotopic (exact) mass is 257 g/mol. The van der Waals surface area contributed by atoms with Crippen molar-refractivity contribution in [2.24, 2.45) is 0 Å². The number of aromatic amines is 1. The van der Waals surface area contributed by atoms with Gasteiger partial charge in [0.2, 0.25) is 5.56 Å². The Labute approximate surface area is 99.5 Å². The summed E-state index contributed by atoms with van der Waals surface area (Å²) in [6.45, 7) is 1.72.